The standard InChI is InChI=1S/C15H13N3O3/c19-15(20)10-8-12-14(16-9-10)18-13(17-12)6-7-21-11-4-2-1-3-5-11/h1-5,8-9H,6-7H2,(H,19,20)(H,16,17,18). The number of hydrogen-bond acceptors (Lipinski definition) is 4. The molecule has 0 radical (unpaired) electrons. The third-order valence-corrected chi connectivity index (χ3v) is 2.98. The third-order valence-electron chi connectivity index (χ3n) is 2.98. The lowest BCUT2D eigenvalue weighted by Gasteiger charge is -2.03. The van der Waals surface area contributed by atoms with E-state index < -0.39 is 5.97 Å². The number of imidazole rings is 1. The Balaban J connectivity index is 1.68. The van der Waals surface area contributed by atoms with Crippen molar-refractivity contribution < 1.29 is 14.6 Å². The van der Waals surface area contributed by atoms with Crippen LogP contribution in [0.5, 0.6) is 5.75 Å². The minimum atomic E-state index is -1.01. The summed E-state index contributed by atoms with van der Waals surface area (Å²) < 4.78 is 5.59. The molecule has 0 fully saturated rings. The number of carboxylic acid groups (broad SMARTS) is 1. The molecule has 3 rings (SSSR count). The van der Waals surface area contributed by atoms with Gasteiger partial charge in [0.1, 0.15) is 11.6 Å². The summed E-state index contributed by atoms with van der Waals surface area (Å²) in [5.74, 6) is 0.517. The Kier molecular flexibility index (Phi) is 3.51. The zero-order valence-electron chi connectivity index (χ0n) is 11.1. The monoisotopic (exact) mass is 283 g/mol. The normalized spacial score (nSPS) is 10.7. The number of rotatable bonds is 5. The van der Waals surface area contributed by atoms with Crippen LogP contribution in [0.1, 0.15) is 16.2 Å². The van der Waals surface area contributed by atoms with Gasteiger partial charge in [-0.05, 0) is 18.2 Å². The maximum absolute atomic E-state index is 10.9. The summed E-state index contributed by atoms with van der Waals surface area (Å²) in [5, 5.41) is 8.92. The van der Waals surface area contributed by atoms with E-state index in [0.717, 1.165) is 11.6 Å². The molecular formula is C15H13N3O3. The minimum absolute atomic E-state index is 0.137. The molecule has 0 spiro atoms. The van der Waals surface area contributed by atoms with Gasteiger partial charge in [0.2, 0.25) is 0 Å². The molecule has 0 amide bonds. The molecule has 106 valence electrons. The van der Waals surface area contributed by atoms with Crippen LogP contribution in [0, 0.1) is 0 Å². The maximum atomic E-state index is 10.9. The van der Waals surface area contributed by atoms with Crippen LogP contribution >= 0.6 is 0 Å². The number of pyridine rings is 1. The number of aromatic amines is 1. The number of ether oxygens (including phenoxy) is 1. The van der Waals surface area contributed by atoms with E-state index in [2.05, 4.69) is 15.0 Å². The van der Waals surface area contributed by atoms with Crippen LogP contribution in [0.3, 0.4) is 0 Å². The van der Waals surface area contributed by atoms with Crippen molar-refractivity contribution in [2.75, 3.05) is 6.61 Å². The Labute approximate surface area is 120 Å². The number of para-hydroxylation sites is 1. The van der Waals surface area contributed by atoms with Gasteiger partial charge in [0.05, 0.1) is 17.7 Å². The Morgan fingerprint density at radius 1 is 1.29 bits per heavy atom. The second-order valence-electron chi connectivity index (χ2n) is 4.50. The van der Waals surface area contributed by atoms with Crippen LogP contribution in [-0.2, 0) is 6.42 Å². The lowest BCUT2D eigenvalue weighted by molar-refractivity contribution is 0.0696. The van der Waals surface area contributed by atoms with Gasteiger partial charge in [0, 0.05) is 12.6 Å². The summed E-state index contributed by atoms with van der Waals surface area (Å²) in [6.45, 7) is 0.482. The fourth-order valence-electron chi connectivity index (χ4n) is 1.97. The number of fused-ring (bicyclic) bond motifs is 1. The zero-order valence-corrected chi connectivity index (χ0v) is 11.1. The van der Waals surface area contributed by atoms with Crippen molar-refractivity contribution in [3.63, 3.8) is 0 Å². The molecule has 2 N–H and O–H groups in total. The van der Waals surface area contributed by atoms with E-state index in [-0.39, 0.29) is 5.56 Å². The minimum Gasteiger partial charge on any atom is -0.493 e. The van der Waals surface area contributed by atoms with Gasteiger partial charge >= 0.3 is 5.97 Å². The molecule has 0 saturated heterocycles. The highest BCUT2D eigenvalue weighted by Crippen LogP contribution is 2.12. The van der Waals surface area contributed by atoms with Crippen molar-refractivity contribution in [2.24, 2.45) is 0 Å². The fourth-order valence-corrected chi connectivity index (χ4v) is 1.97. The lowest BCUT2D eigenvalue weighted by atomic mass is 10.3. The molecule has 0 aliphatic rings. The summed E-state index contributed by atoms with van der Waals surface area (Å²) in [5.41, 5.74) is 1.26. The lowest BCUT2D eigenvalue weighted by Crippen LogP contribution is -2.02. The number of H-pyrrole nitrogens is 1. The van der Waals surface area contributed by atoms with Gasteiger partial charge < -0.3 is 14.8 Å². The number of nitrogens with one attached hydrogen (secondary N) is 1. The van der Waals surface area contributed by atoms with Crippen LogP contribution in [-0.4, -0.2) is 32.6 Å². The van der Waals surface area contributed by atoms with E-state index in [4.69, 9.17) is 9.84 Å². The molecule has 21 heavy (non-hydrogen) atoms. The SMILES string of the molecule is O=C(O)c1cnc2nc(CCOc3ccccc3)[nH]c2c1. The number of carbonyl (C=O) groups is 1. The van der Waals surface area contributed by atoms with Crippen molar-refractivity contribution in [1.82, 2.24) is 15.0 Å². The van der Waals surface area contributed by atoms with Crippen molar-refractivity contribution in [3.05, 3.63) is 54.0 Å². The van der Waals surface area contributed by atoms with Gasteiger partial charge in [-0.15, -0.1) is 0 Å². The van der Waals surface area contributed by atoms with Gasteiger partial charge in [0.15, 0.2) is 5.65 Å². The van der Waals surface area contributed by atoms with Gasteiger partial charge in [-0.25, -0.2) is 14.8 Å². The smallest absolute Gasteiger partial charge is 0.337 e. The Morgan fingerprint density at radius 3 is 2.86 bits per heavy atom. The van der Waals surface area contributed by atoms with Crippen molar-refractivity contribution in [2.45, 2.75) is 6.42 Å². The number of hydrogen-bond donors (Lipinski definition) is 2. The second-order valence-corrected chi connectivity index (χ2v) is 4.50. The average Bonchev–Trinajstić information content (AvgIpc) is 2.90. The van der Waals surface area contributed by atoms with Crippen molar-refractivity contribution in [1.29, 1.82) is 0 Å². The predicted octanol–water partition coefficient (Wildman–Crippen LogP) is 2.28. The predicted molar refractivity (Wildman–Crippen MR) is 76.5 cm³/mol. The molecule has 0 aliphatic heterocycles. The summed E-state index contributed by atoms with van der Waals surface area (Å²) in [7, 11) is 0. The number of carboxylic acids is 1. The molecule has 0 unspecified atom stereocenters. The summed E-state index contributed by atoms with van der Waals surface area (Å²) in [4.78, 5) is 22.3. The molecule has 6 heteroatoms. The molecule has 1 aromatic carbocycles. The molecule has 6 nitrogen and oxygen atoms in total. The summed E-state index contributed by atoms with van der Waals surface area (Å²) in [6, 6.07) is 11.1. The van der Waals surface area contributed by atoms with E-state index in [1.54, 1.807) is 0 Å². The zero-order chi connectivity index (χ0) is 14.7. The molecule has 0 aliphatic carbocycles. The van der Waals surface area contributed by atoms with E-state index in [1.807, 2.05) is 30.3 Å². The molecule has 0 atom stereocenters. The van der Waals surface area contributed by atoms with Crippen LogP contribution in [0.2, 0.25) is 0 Å². The molecule has 0 saturated carbocycles. The first-order valence-electron chi connectivity index (χ1n) is 6.48. The number of aromatic carboxylic acids is 1. The Hall–Kier alpha value is -2.89. The molecule has 2 heterocycles. The molecule has 2 aromatic heterocycles. The van der Waals surface area contributed by atoms with Crippen LogP contribution in [0.15, 0.2) is 42.6 Å². The van der Waals surface area contributed by atoms with Gasteiger partial charge in [0.25, 0.3) is 0 Å². The first kappa shape index (κ1) is 13.1. The topological polar surface area (TPSA) is 88.1 Å². The van der Waals surface area contributed by atoms with Crippen LogP contribution in [0.25, 0.3) is 11.2 Å². The quantitative estimate of drug-likeness (QED) is 0.750. The van der Waals surface area contributed by atoms with Crippen molar-refractivity contribution >= 4 is 17.1 Å². The van der Waals surface area contributed by atoms with Gasteiger partial charge in [-0.2, -0.15) is 0 Å². The molecular weight excluding hydrogens is 270 g/mol. The second kappa shape index (κ2) is 5.62. The van der Waals surface area contributed by atoms with E-state index in [1.165, 1.54) is 12.3 Å². The van der Waals surface area contributed by atoms with E-state index in [0.29, 0.717) is 24.2 Å². The Bertz CT molecular complexity index is 768. The average molecular weight is 283 g/mol. The fraction of sp³-hybridized carbons (Fsp3) is 0.133. The van der Waals surface area contributed by atoms with Crippen molar-refractivity contribution in [3.8, 4) is 5.75 Å². The number of nitrogens with zero attached hydrogens (tertiary/aromatic N) is 2. The van der Waals surface area contributed by atoms with Crippen LogP contribution in [0.4, 0.5) is 0 Å². The third kappa shape index (κ3) is 3.00. The van der Waals surface area contributed by atoms with E-state index in [9.17, 15) is 4.79 Å². The van der Waals surface area contributed by atoms with E-state index >= 15 is 0 Å². The highest BCUT2D eigenvalue weighted by molar-refractivity contribution is 5.90. The first-order valence-corrected chi connectivity index (χ1v) is 6.48. The first-order chi connectivity index (χ1) is 10.2. The summed E-state index contributed by atoms with van der Waals surface area (Å²) in [6.07, 6.45) is 1.89. The highest BCUT2D eigenvalue weighted by Gasteiger charge is 2.08. The maximum Gasteiger partial charge on any atom is 0.337 e. The largest absolute Gasteiger partial charge is 0.493 e. The Morgan fingerprint density at radius 2 is 2.10 bits per heavy atom. The molecule has 0 bridgehead atoms. The number of benzene rings is 1. The highest BCUT2D eigenvalue weighted by atomic mass is 16.5. The van der Waals surface area contributed by atoms with Gasteiger partial charge in [-0.3, -0.25) is 0 Å². The van der Waals surface area contributed by atoms with Gasteiger partial charge in [-0.1, -0.05) is 18.2 Å². The number of aromatic nitrogens is 3. The molecule has 3 aromatic rings. The summed E-state index contributed by atoms with van der Waals surface area (Å²) >= 11 is 0. The van der Waals surface area contributed by atoms with Crippen LogP contribution < -0.4 is 4.74 Å².